The maximum absolute atomic E-state index is 10.8. The van der Waals surface area contributed by atoms with Gasteiger partial charge in [-0.25, -0.2) is 9.48 Å². The van der Waals surface area contributed by atoms with Crippen LogP contribution in [0.25, 0.3) is 11.0 Å². The second kappa shape index (κ2) is 4.57. The van der Waals surface area contributed by atoms with Gasteiger partial charge in [0.25, 0.3) is 0 Å². The van der Waals surface area contributed by atoms with E-state index in [0.717, 1.165) is 11.0 Å². The lowest BCUT2D eigenvalue weighted by Gasteiger charge is -1.96. The van der Waals surface area contributed by atoms with Crippen molar-refractivity contribution in [2.24, 2.45) is 0 Å². The summed E-state index contributed by atoms with van der Waals surface area (Å²) in [5.41, 5.74) is 1.78. The van der Waals surface area contributed by atoms with Gasteiger partial charge in [0, 0.05) is 6.08 Å². The number of benzene rings is 1. The largest absolute Gasteiger partial charge is 0.466 e. The molecule has 0 spiro atoms. The molecule has 0 fully saturated rings. The van der Waals surface area contributed by atoms with Crippen molar-refractivity contribution in [1.82, 2.24) is 15.0 Å². The summed E-state index contributed by atoms with van der Waals surface area (Å²) in [6.45, 7) is 0.496. The average molecular weight is 217 g/mol. The SMILES string of the molecule is COC(=O)C=CCn1nnc2ccccc21. The molecule has 0 atom stereocenters. The van der Waals surface area contributed by atoms with Gasteiger partial charge in [-0.05, 0) is 12.1 Å². The molecule has 16 heavy (non-hydrogen) atoms. The molecule has 0 radical (unpaired) electrons. The standard InChI is InChI=1S/C11H11N3O2/c1-16-11(15)7-4-8-14-10-6-3-2-5-9(10)12-13-14/h2-7H,8H2,1H3. The summed E-state index contributed by atoms with van der Waals surface area (Å²) < 4.78 is 6.20. The predicted octanol–water partition coefficient (Wildman–Crippen LogP) is 1.16. The molecular weight excluding hydrogens is 206 g/mol. The van der Waals surface area contributed by atoms with E-state index in [1.165, 1.54) is 13.2 Å². The van der Waals surface area contributed by atoms with Crippen LogP contribution in [0, 0.1) is 0 Å². The van der Waals surface area contributed by atoms with Crippen molar-refractivity contribution in [1.29, 1.82) is 0 Å². The molecule has 0 saturated heterocycles. The van der Waals surface area contributed by atoms with Crippen LogP contribution in [0.1, 0.15) is 0 Å². The van der Waals surface area contributed by atoms with Crippen molar-refractivity contribution in [2.45, 2.75) is 6.54 Å². The fourth-order valence-corrected chi connectivity index (χ4v) is 1.37. The van der Waals surface area contributed by atoms with Gasteiger partial charge in [0.1, 0.15) is 5.52 Å². The van der Waals surface area contributed by atoms with Gasteiger partial charge in [-0.2, -0.15) is 0 Å². The number of hydrogen-bond acceptors (Lipinski definition) is 4. The monoisotopic (exact) mass is 217 g/mol. The van der Waals surface area contributed by atoms with Crippen LogP contribution in [0.4, 0.5) is 0 Å². The van der Waals surface area contributed by atoms with Crippen molar-refractivity contribution in [3.8, 4) is 0 Å². The molecule has 1 aromatic heterocycles. The summed E-state index contributed by atoms with van der Waals surface area (Å²) in [5.74, 6) is -0.371. The third-order valence-corrected chi connectivity index (χ3v) is 2.15. The number of esters is 1. The molecule has 0 N–H and O–H groups in total. The van der Waals surface area contributed by atoms with Gasteiger partial charge in [-0.15, -0.1) is 5.10 Å². The molecule has 5 nitrogen and oxygen atoms in total. The van der Waals surface area contributed by atoms with Crippen LogP contribution in [0.2, 0.25) is 0 Å². The first-order valence-corrected chi connectivity index (χ1v) is 4.84. The molecule has 2 aromatic rings. The Hall–Kier alpha value is -2.17. The Morgan fingerprint density at radius 2 is 2.31 bits per heavy atom. The number of methoxy groups -OCH3 is 1. The van der Waals surface area contributed by atoms with Crippen molar-refractivity contribution < 1.29 is 9.53 Å². The summed E-state index contributed by atoms with van der Waals surface area (Å²) in [6.07, 6.45) is 3.06. The van der Waals surface area contributed by atoms with E-state index in [1.807, 2.05) is 24.3 Å². The van der Waals surface area contributed by atoms with Gasteiger partial charge in [-0.3, -0.25) is 0 Å². The van der Waals surface area contributed by atoms with E-state index in [2.05, 4.69) is 15.0 Å². The second-order valence-electron chi connectivity index (χ2n) is 3.19. The third kappa shape index (κ3) is 2.08. The summed E-state index contributed by atoms with van der Waals surface area (Å²) >= 11 is 0. The molecule has 0 aliphatic rings. The minimum absolute atomic E-state index is 0.371. The number of aromatic nitrogens is 3. The molecule has 82 valence electrons. The minimum Gasteiger partial charge on any atom is -0.466 e. The number of ether oxygens (including phenoxy) is 1. The first-order valence-electron chi connectivity index (χ1n) is 4.84. The van der Waals surface area contributed by atoms with Crippen molar-refractivity contribution in [3.05, 3.63) is 36.4 Å². The highest BCUT2D eigenvalue weighted by atomic mass is 16.5. The Kier molecular flexibility index (Phi) is 2.95. The van der Waals surface area contributed by atoms with Gasteiger partial charge in [0.05, 0.1) is 19.2 Å². The van der Waals surface area contributed by atoms with Gasteiger partial charge >= 0.3 is 5.97 Å². The summed E-state index contributed by atoms with van der Waals surface area (Å²) in [6, 6.07) is 7.65. The van der Waals surface area contributed by atoms with E-state index < -0.39 is 0 Å². The lowest BCUT2D eigenvalue weighted by Crippen LogP contribution is -1.99. The number of para-hydroxylation sites is 1. The maximum Gasteiger partial charge on any atom is 0.330 e. The Bertz CT molecular complexity index is 531. The second-order valence-corrected chi connectivity index (χ2v) is 3.19. The lowest BCUT2D eigenvalue weighted by atomic mass is 10.3. The Morgan fingerprint density at radius 3 is 3.12 bits per heavy atom. The maximum atomic E-state index is 10.8. The van der Waals surface area contributed by atoms with Gasteiger partial charge < -0.3 is 4.74 Å². The number of carbonyl (C=O) groups is 1. The molecular formula is C11H11N3O2. The molecule has 0 saturated carbocycles. The van der Waals surface area contributed by atoms with Crippen LogP contribution >= 0.6 is 0 Å². The normalized spacial score (nSPS) is 11.1. The number of carbonyl (C=O) groups excluding carboxylic acids is 1. The molecule has 1 aromatic carbocycles. The number of nitrogens with zero attached hydrogens (tertiary/aromatic N) is 3. The number of hydrogen-bond donors (Lipinski definition) is 0. The van der Waals surface area contributed by atoms with E-state index in [0.29, 0.717) is 6.54 Å². The third-order valence-electron chi connectivity index (χ3n) is 2.15. The van der Waals surface area contributed by atoms with Crippen LogP contribution < -0.4 is 0 Å². The van der Waals surface area contributed by atoms with Crippen LogP contribution in [0.15, 0.2) is 36.4 Å². The quantitative estimate of drug-likeness (QED) is 0.572. The summed E-state index contributed by atoms with van der Waals surface area (Å²) in [5, 5.41) is 7.98. The number of allylic oxidation sites excluding steroid dienone is 1. The highest BCUT2D eigenvalue weighted by Gasteiger charge is 2.00. The molecule has 2 rings (SSSR count). The number of fused-ring (bicyclic) bond motifs is 1. The smallest absolute Gasteiger partial charge is 0.330 e. The van der Waals surface area contributed by atoms with Crippen molar-refractivity contribution in [3.63, 3.8) is 0 Å². The lowest BCUT2D eigenvalue weighted by molar-refractivity contribution is -0.134. The molecule has 0 amide bonds. The van der Waals surface area contributed by atoms with E-state index in [9.17, 15) is 4.79 Å². The minimum atomic E-state index is -0.371. The number of rotatable bonds is 3. The zero-order chi connectivity index (χ0) is 11.4. The van der Waals surface area contributed by atoms with Crippen LogP contribution in [-0.2, 0) is 16.1 Å². The van der Waals surface area contributed by atoms with Crippen molar-refractivity contribution in [2.75, 3.05) is 7.11 Å². The fourth-order valence-electron chi connectivity index (χ4n) is 1.37. The van der Waals surface area contributed by atoms with Crippen LogP contribution in [0.3, 0.4) is 0 Å². The highest BCUT2D eigenvalue weighted by molar-refractivity contribution is 5.81. The first kappa shape index (κ1) is 10.4. The molecule has 0 unspecified atom stereocenters. The topological polar surface area (TPSA) is 57.0 Å². The highest BCUT2D eigenvalue weighted by Crippen LogP contribution is 2.09. The van der Waals surface area contributed by atoms with E-state index in [-0.39, 0.29) is 5.97 Å². The average Bonchev–Trinajstić information content (AvgIpc) is 2.73. The molecule has 5 heteroatoms. The predicted molar refractivity (Wildman–Crippen MR) is 58.7 cm³/mol. The van der Waals surface area contributed by atoms with Crippen molar-refractivity contribution >= 4 is 17.0 Å². The Balaban J connectivity index is 2.16. The van der Waals surface area contributed by atoms with Gasteiger partial charge in [-0.1, -0.05) is 23.4 Å². The zero-order valence-corrected chi connectivity index (χ0v) is 8.83. The van der Waals surface area contributed by atoms with Crippen LogP contribution in [-0.4, -0.2) is 28.1 Å². The van der Waals surface area contributed by atoms with Gasteiger partial charge in [0.15, 0.2) is 0 Å². The summed E-state index contributed by atoms with van der Waals surface area (Å²) in [4.78, 5) is 10.8. The zero-order valence-electron chi connectivity index (χ0n) is 8.83. The Morgan fingerprint density at radius 1 is 1.50 bits per heavy atom. The van der Waals surface area contributed by atoms with E-state index in [4.69, 9.17) is 0 Å². The Labute approximate surface area is 92.3 Å². The summed E-state index contributed by atoms with van der Waals surface area (Å²) in [7, 11) is 1.34. The first-order chi connectivity index (χ1) is 7.81. The van der Waals surface area contributed by atoms with Crippen LogP contribution in [0.5, 0.6) is 0 Å². The van der Waals surface area contributed by atoms with E-state index >= 15 is 0 Å². The van der Waals surface area contributed by atoms with E-state index in [1.54, 1.807) is 10.8 Å². The molecule has 1 heterocycles. The molecule has 0 bridgehead atoms. The molecule has 0 aliphatic carbocycles. The molecule has 0 aliphatic heterocycles. The van der Waals surface area contributed by atoms with Gasteiger partial charge in [0.2, 0.25) is 0 Å². The fraction of sp³-hybridized carbons (Fsp3) is 0.182.